The Morgan fingerprint density at radius 3 is 3.00 bits per heavy atom. The molecule has 1 aliphatic rings. The van der Waals surface area contributed by atoms with E-state index in [4.69, 9.17) is 4.52 Å². The third-order valence-electron chi connectivity index (χ3n) is 4.20. The fourth-order valence-corrected chi connectivity index (χ4v) is 3.52. The Morgan fingerprint density at radius 2 is 2.32 bits per heavy atom. The maximum Gasteiger partial charge on any atom is 0.276 e. The molecule has 0 aromatic carbocycles. The number of piperidine rings is 1. The highest BCUT2D eigenvalue weighted by Gasteiger charge is 2.25. The summed E-state index contributed by atoms with van der Waals surface area (Å²) in [5.41, 5.74) is 0.414. The van der Waals surface area contributed by atoms with Crippen LogP contribution in [0.2, 0.25) is 0 Å². The molecule has 0 atom stereocenters. The minimum atomic E-state index is -0.0152. The molecule has 0 bridgehead atoms. The minimum Gasteiger partial charge on any atom is -0.355 e. The fraction of sp³-hybridized carbons (Fsp3) is 0.500. The molecular weight excluding hydrogens is 298 g/mol. The molecule has 1 amide bonds. The third kappa shape index (κ3) is 3.39. The van der Waals surface area contributed by atoms with E-state index in [-0.39, 0.29) is 5.91 Å². The van der Waals surface area contributed by atoms with E-state index in [1.807, 2.05) is 29.5 Å². The molecule has 1 saturated heterocycles. The molecule has 2 aromatic rings. The zero-order chi connectivity index (χ0) is 15.4. The predicted molar refractivity (Wildman–Crippen MR) is 87.0 cm³/mol. The number of hydrogen-bond acceptors (Lipinski definition) is 5. The normalized spacial score (nSPS) is 16.1. The van der Waals surface area contributed by atoms with Gasteiger partial charge in [-0.05, 0) is 50.2 Å². The van der Waals surface area contributed by atoms with Gasteiger partial charge in [-0.2, -0.15) is 0 Å². The maximum atomic E-state index is 12.5. The van der Waals surface area contributed by atoms with Gasteiger partial charge in [0.2, 0.25) is 0 Å². The van der Waals surface area contributed by atoms with E-state index in [2.05, 4.69) is 10.5 Å². The molecule has 2 aromatic heterocycles. The molecular formula is C16H21N3O2S. The molecule has 1 aliphatic heterocycles. The van der Waals surface area contributed by atoms with Crippen molar-refractivity contribution in [2.45, 2.75) is 19.3 Å². The molecule has 0 aliphatic carbocycles. The second kappa shape index (κ2) is 7.07. The van der Waals surface area contributed by atoms with Crippen LogP contribution >= 0.6 is 11.3 Å². The van der Waals surface area contributed by atoms with Gasteiger partial charge >= 0.3 is 0 Å². The average Bonchev–Trinajstić information content (AvgIpc) is 3.23. The van der Waals surface area contributed by atoms with Crippen LogP contribution < -0.4 is 5.32 Å². The Morgan fingerprint density at radius 1 is 1.50 bits per heavy atom. The van der Waals surface area contributed by atoms with E-state index >= 15 is 0 Å². The van der Waals surface area contributed by atoms with Crippen LogP contribution in [0.4, 0.5) is 0 Å². The lowest BCUT2D eigenvalue weighted by Gasteiger charge is -2.31. The van der Waals surface area contributed by atoms with Gasteiger partial charge in [0.05, 0.1) is 4.88 Å². The van der Waals surface area contributed by atoms with E-state index in [9.17, 15) is 4.79 Å². The van der Waals surface area contributed by atoms with Gasteiger partial charge in [0, 0.05) is 19.2 Å². The van der Waals surface area contributed by atoms with Crippen LogP contribution in [-0.4, -0.2) is 42.6 Å². The zero-order valence-corrected chi connectivity index (χ0v) is 13.6. The van der Waals surface area contributed by atoms with Crippen LogP contribution in [0, 0.1) is 5.92 Å². The molecule has 1 N–H and O–H groups in total. The summed E-state index contributed by atoms with van der Waals surface area (Å²) in [6.07, 6.45) is 3.33. The van der Waals surface area contributed by atoms with Gasteiger partial charge in [0.15, 0.2) is 11.5 Å². The number of likely N-dealkylation sites (tertiary alicyclic amines) is 1. The largest absolute Gasteiger partial charge is 0.355 e. The second-order valence-corrected chi connectivity index (χ2v) is 6.63. The number of hydrogen-bond donors (Lipinski definition) is 1. The van der Waals surface area contributed by atoms with Crippen LogP contribution in [0.1, 0.15) is 29.8 Å². The molecule has 0 radical (unpaired) electrons. The van der Waals surface area contributed by atoms with Gasteiger partial charge in [-0.25, -0.2) is 0 Å². The van der Waals surface area contributed by atoms with Crippen molar-refractivity contribution in [2.75, 3.05) is 26.7 Å². The van der Waals surface area contributed by atoms with Gasteiger partial charge in [-0.1, -0.05) is 11.2 Å². The lowest BCUT2D eigenvalue weighted by atomic mass is 9.93. The van der Waals surface area contributed by atoms with Gasteiger partial charge < -0.3 is 14.7 Å². The van der Waals surface area contributed by atoms with Crippen molar-refractivity contribution < 1.29 is 9.32 Å². The Hall–Kier alpha value is -1.66. The van der Waals surface area contributed by atoms with Crippen LogP contribution in [0.25, 0.3) is 10.6 Å². The second-order valence-electron chi connectivity index (χ2n) is 5.68. The summed E-state index contributed by atoms with van der Waals surface area (Å²) in [5, 5.41) is 9.12. The molecule has 0 saturated carbocycles. The summed E-state index contributed by atoms with van der Waals surface area (Å²) in [4.78, 5) is 15.4. The van der Waals surface area contributed by atoms with Gasteiger partial charge in [-0.15, -0.1) is 11.3 Å². The molecule has 3 heterocycles. The first-order valence-corrected chi connectivity index (χ1v) is 8.60. The van der Waals surface area contributed by atoms with Crippen molar-refractivity contribution in [3.8, 4) is 10.6 Å². The number of nitrogens with zero attached hydrogens (tertiary/aromatic N) is 2. The summed E-state index contributed by atoms with van der Waals surface area (Å²) in [5.74, 6) is 1.37. The number of rotatable bonds is 5. The van der Waals surface area contributed by atoms with Crippen LogP contribution in [0.15, 0.2) is 28.1 Å². The standard InChI is InChI=1S/C16H21N3O2S/c1-17-7-4-12-5-8-19(9-6-12)16(20)13-11-14(21-18-13)15-3-2-10-22-15/h2-3,10-12,17H,4-9H2,1H3. The highest BCUT2D eigenvalue weighted by Crippen LogP contribution is 2.26. The monoisotopic (exact) mass is 319 g/mol. The SMILES string of the molecule is CNCCC1CCN(C(=O)c2cc(-c3cccs3)on2)CC1. The van der Waals surface area contributed by atoms with Gasteiger partial charge in [0.25, 0.3) is 5.91 Å². The molecule has 1 fully saturated rings. The van der Waals surface area contributed by atoms with Crippen LogP contribution in [0.3, 0.4) is 0 Å². The fourth-order valence-electron chi connectivity index (χ4n) is 2.85. The average molecular weight is 319 g/mol. The molecule has 0 spiro atoms. The number of amides is 1. The highest BCUT2D eigenvalue weighted by molar-refractivity contribution is 7.13. The Bertz CT molecular complexity index is 601. The van der Waals surface area contributed by atoms with Crippen molar-refractivity contribution in [2.24, 2.45) is 5.92 Å². The summed E-state index contributed by atoms with van der Waals surface area (Å²) in [7, 11) is 1.98. The van der Waals surface area contributed by atoms with Gasteiger partial charge in [-0.3, -0.25) is 4.79 Å². The predicted octanol–water partition coefficient (Wildman–Crippen LogP) is 2.86. The Balaban J connectivity index is 1.58. The molecule has 6 heteroatoms. The van der Waals surface area contributed by atoms with E-state index in [0.29, 0.717) is 11.5 Å². The van der Waals surface area contributed by atoms with Gasteiger partial charge in [0.1, 0.15) is 0 Å². The summed E-state index contributed by atoms with van der Waals surface area (Å²) in [6, 6.07) is 5.67. The Kier molecular flexibility index (Phi) is 4.90. The topological polar surface area (TPSA) is 58.4 Å². The van der Waals surface area contributed by atoms with Crippen molar-refractivity contribution in [3.05, 3.63) is 29.3 Å². The molecule has 118 valence electrons. The summed E-state index contributed by atoms with van der Waals surface area (Å²) >= 11 is 1.58. The number of nitrogens with one attached hydrogen (secondary N) is 1. The summed E-state index contributed by atoms with van der Waals surface area (Å²) < 4.78 is 5.30. The quantitative estimate of drug-likeness (QED) is 0.920. The smallest absolute Gasteiger partial charge is 0.276 e. The molecule has 0 unspecified atom stereocenters. The first kappa shape index (κ1) is 15.2. The third-order valence-corrected chi connectivity index (χ3v) is 5.08. The zero-order valence-electron chi connectivity index (χ0n) is 12.7. The molecule has 5 nitrogen and oxygen atoms in total. The first-order chi connectivity index (χ1) is 10.8. The number of carbonyl (C=O) groups excluding carboxylic acids is 1. The summed E-state index contributed by atoms with van der Waals surface area (Å²) in [6.45, 7) is 2.68. The van der Waals surface area contributed by atoms with Crippen LogP contribution in [-0.2, 0) is 0 Å². The van der Waals surface area contributed by atoms with Crippen molar-refractivity contribution in [3.63, 3.8) is 0 Å². The molecule has 3 rings (SSSR count). The van der Waals surface area contributed by atoms with E-state index in [1.54, 1.807) is 17.4 Å². The number of thiophene rings is 1. The van der Waals surface area contributed by atoms with E-state index < -0.39 is 0 Å². The molecule has 22 heavy (non-hydrogen) atoms. The first-order valence-electron chi connectivity index (χ1n) is 7.72. The van der Waals surface area contributed by atoms with Crippen molar-refractivity contribution in [1.82, 2.24) is 15.4 Å². The number of carbonyl (C=O) groups is 1. The highest BCUT2D eigenvalue weighted by atomic mass is 32.1. The maximum absolute atomic E-state index is 12.5. The van der Waals surface area contributed by atoms with E-state index in [1.165, 1.54) is 6.42 Å². The van der Waals surface area contributed by atoms with E-state index in [0.717, 1.165) is 43.3 Å². The Labute approximate surface area is 134 Å². The minimum absolute atomic E-state index is 0.0152. The van der Waals surface area contributed by atoms with Crippen molar-refractivity contribution in [1.29, 1.82) is 0 Å². The lowest BCUT2D eigenvalue weighted by Crippen LogP contribution is -2.39. The van der Waals surface area contributed by atoms with Crippen molar-refractivity contribution >= 4 is 17.2 Å². The number of aromatic nitrogens is 1. The lowest BCUT2D eigenvalue weighted by molar-refractivity contribution is 0.0677. The van der Waals surface area contributed by atoms with Crippen LogP contribution in [0.5, 0.6) is 0 Å².